The van der Waals surface area contributed by atoms with E-state index in [-0.39, 0.29) is 29.7 Å². The zero-order valence-electron chi connectivity index (χ0n) is 14.2. The van der Waals surface area contributed by atoms with E-state index >= 15 is 0 Å². The molecule has 1 atom stereocenters. The Morgan fingerprint density at radius 1 is 1.19 bits per heavy atom. The van der Waals surface area contributed by atoms with Gasteiger partial charge in [-0.05, 0) is 41.8 Å². The molecule has 0 bridgehead atoms. The molecule has 0 heterocycles. The number of hydrogen-bond acceptors (Lipinski definition) is 5. The van der Waals surface area contributed by atoms with Crippen molar-refractivity contribution in [3.8, 4) is 0 Å². The van der Waals surface area contributed by atoms with Crippen LogP contribution in [0.15, 0.2) is 36.4 Å². The normalized spacial score (nSPS) is 11.7. The fraction of sp³-hybridized carbons (Fsp3) is 0.222. The minimum absolute atomic E-state index is 0.00525. The van der Waals surface area contributed by atoms with Gasteiger partial charge in [0, 0.05) is 33.9 Å². The van der Waals surface area contributed by atoms with Crippen molar-refractivity contribution in [3.05, 3.63) is 73.2 Å². The molecule has 2 rings (SSSR count). The Morgan fingerprint density at radius 3 is 2.37 bits per heavy atom. The molecule has 0 aliphatic rings. The summed E-state index contributed by atoms with van der Waals surface area (Å²) in [6, 6.07) is 7.50. The average Bonchev–Trinajstić information content (AvgIpc) is 2.60. The molecule has 9 heteroatoms. The van der Waals surface area contributed by atoms with Crippen LogP contribution in [-0.2, 0) is 11.2 Å². The smallest absolute Gasteiger partial charge is 0.237 e. The number of carboxylic acid groups (broad SMARTS) is 1. The van der Waals surface area contributed by atoms with Crippen LogP contribution >= 0.6 is 23.2 Å². The molecule has 2 aromatic carbocycles. The lowest BCUT2D eigenvalue weighted by Gasteiger charge is -2.15. The van der Waals surface area contributed by atoms with Gasteiger partial charge in [-0.2, -0.15) is 0 Å². The minimum atomic E-state index is -1.45. The molecular weight excluding hydrogens is 395 g/mol. The third-order valence-electron chi connectivity index (χ3n) is 3.99. The molecule has 1 amide bonds. The zero-order chi connectivity index (χ0) is 20.1. The zero-order valence-corrected chi connectivity index (χ0v) is 15.7. The molecule has 0 spiro atoms. The highest BCUT2D eigenvalue weighted by molar-refractivity contribution is 6.36. The molecule has 0 aromatic heterocycles. The van der Waals surface area contributed by atoms with Gasteiger partial charge in [0.15, 0.2) is 0 Å². The van der Waals surface area contributed by atoms with Crippen LogP contribution in [0, 0.1) is 10.1 Å². The lowest BCUT2D eigenvalue weighted by Crippen LogP contribution is -2.23. The van der Waals surface area contributed by atoms with E-state index in [9.17, 15) is 24.8 Å². The monoisotopic (exact) mass is 409 g/mol. The number of rotatable bonds is 7. The maximum atomic E-state index is 12.3. The van der Waals surface area contributed by atoms with E-state index in [4.69, 9.17) is 23.2 Å². The van der Waals surface area contributed by atoms with E-state index in [1.807, 2.05) is 0 Å². The van der Waals surface area contributed by atoms with Gasteiger partial charge >= 0.3 is 0 Å². The van der Waals surface area contributed by atoms with Crippen LogP contribution in [-0.4, -0.2) is 16.8 Å². The SMILES string of the molecule is CC(c1ccc(C(=O)[O-])cc1NC(=O)CCc1c(Cl)cccc1Cl)[N+](=O)[O-]. The van der Waals surface area contributed by atoms with Crippen LogP contribution in [0.5, 0.6) is 0 Å². The fourth-order valence-corrected chi connectivity index (χ4v) is 3.08. The molecule has 1 unspecified atom stereocenters. The summed E-state index contributed by atoms with van der Waals surface area (Å²) in [6.07, 6.45) is 0.260. The van der Waals surface area contributed by atoms with Crippen LogP contribution in [0.2, 0.25) is 10.0 Å². The first-order valence-corrected chi connectivity index (χ1v) is 8.67. The molecule has 0 saturated heterocycles. The molecule has 142 valence electrons. The number of amides is 1. The number of carbonyl (C=O) groups excluding carboxylic acids is 2. The second kappa shape index (κ2) is 8.83. The quantitative estimate of drug-likeness (QED) is 0.556. The van der Waals surface area contributed by atoms with Crippen molar-refractivity contribution >= 4 is 40.8 Å². The Bertz CT molecular complexity index is 881. The summed E-state index contributed by atoms with van der Waals surface area (Å²) in [5, 5.41) is 25.5. The number of nitro groups is 1. The van der Waals surface area contributed by atoms with Crippen LogP contribution in [0.25, 0.3) is 0 Å². The predicted octanol–water partition coefficient (Wildman–Crippen LogP) is 3.27. The van der Waals surface area contributed by atoms with Crippen molar-refractivity contribution in [3.63, 3.8) is 0 Å². The summed E-state index contributed by atoms with van der Waals surface area (Å²) in [5.74, 6) is -1.91. The Hall–Kier alpha value is -2.64. The van der Waals surface area contributed by atoms with Crippen molar-refractivity contribution in [2.24, 2.45) is 0 Å². The average molecular weight is 410 g/mol. The molecular formula is C18H15Cl2N2O5-. The molecule has 0 saturated carbocycles. The number of nitrogens with one attached hydrogen (secondary N) is 1. The van der Waals surface area contributed by atoms with Crippen LogP contribution < -0.4 is 10.4 Å². The van der Waals surface area contributed by atoms with E-state index < -0.39 is 22.8 Å². The number of anilines is 1. The lowest BCUT2D eigenvalue weighted by atomic mass is 10.0. The summed E-state index contributed by atoms with van der Waals surface area (Å²) in [4.78, 5) is 33.9. The van der Waals surface area contributed by atoms with E-state index in [1.54, 1.807) is 18.2 Å². The first kappa shape index (κ1) is 20.7. The molecule has 0 aliphatic carbocycles. The van der Waals surface area contributed by atoms with Crippen LogP contribution in [0.1, 0.15) is 40.9 Å². The van der Waals surface area contributed by atoms with E-state index in [2.05, 4.69) is 5.32 Å². The molecule has 0 radical (unpaired) electrons. The molecule has 1 N–H and O–H groups in total. The summed E-state index contributed by atoms with van der Waals surface area (Å²) >= 11 is 12.1. The van der Waals surface area contributed by atoms with E-state index in [0.29, 0.717) is 15.6 Å². The molecule has 27 heavy (non-hydrogen) atoms. The maximum Gasteiger partial charge on any atom is 0.237 e. The second-order valence-corrected chi connectivity index (χ2v) is 6.61. The highest BCUT2D eigenvalue weighted by Crippen LogP contribution is 2.28. The minimum Gasteiger partial charge on any atom is -0.545 e. The van der Waals surface area contributed by atoms with Crippen molar-refractivity contribution in [2.75, 3.05) is 5.32 Å². The number of benzene rings is 2. The number of halogens is 2. The summed E-state index contributed by atoms with van der Waals surface area (Å²) in [6.45, 7) is 1.34. The number of carboxylic acids is 1. The first-order valence-electron chi connectivity index (χ1n) is 7.92. The van der Waals surface area contributed by atoms with Crippen molar-refractivity contribution in [2.45, 2.75) is 25.8 Å². The van der Waals surface area contributed by atoms with Crippen LogP contribution in [0.4, 0.5) is 5.69 Å². The third-order valence-corrected chi connectivity index (χ3v) is 4.70. The number of carbonyl (C=O) groups is 2. The van der Waals surface area contributed by atoms with Gasteiger partial charge < -0.3 is 15.2 Å². The van der Waals surface area contributed by atoms with Gasteiger partial charge in [0.1, 0.15) is 0 Å². The Morgan fingerprint density at radius 2 is 1.81 bits per heavy atom. The van der Waals surface area contributed by atoms with Gasteiger partial charge in [-0.15, -0.1) is 0 Å². The highest BCUT2D eigenvalue weighted by atomic mass is 35.5. The molecule has 7 nitrogen and oxygen atoms in total. The van der Waals surface area contributed by atoms with Gasteiger partial charge in [-0.25, -0.2) is 0 Å². The van der Waals surface area contributed by atoms with Crippen molar-refractivity contribution in [1.82, 2.24) is 0 Å². The topological polar surface area (TPSA) is 112 Å². The van der Waals surface area contributed by atoms with Gasteiger partial charge in [0.25, 0.3) is 0 Å². The van der Waals surface area contributed by atoms with Gasteiger partial charge in [0.05, 0.1) is 11.7 Å². The molecule has 0 aliphatic heterocycles. The van der Waals surface area contributed by atoms with Gasteiger partial charge in [-0.1, -0.05) is 35.3 Å². The molecule has 0 fully saturated rings. The van der Waals surface area contributed by atoms with Crippen LogP contribution in [0.3, 0.4) is 0 Å². The predicted molar refractivity (Wildman–Crippen MR) is 99.6 cm³/mol. The first-order chi connectivity index (χ1) is 12.7. The standard InChI is InChI=1S/C18H16Cl2N2O5/c1-10(22(26)27)12-6-5-11(18(24)25)9-16(12)21-17(23)8-7-13-14(19)3-2-4-15(13)20/h2-6,9-10H,7-8H2,1H3,(H,21,23)(H,24,25)/p-1. The number of nitrogens with zero attached hydrogens (tertiary/aromatic N) is 1. The van der Waals surface area contributed by atoms with Gasteiger partial charge in [0.2, 0.25) is 11.9 Å². The second-order valence-electron chi connectivity index (χ2n) is 5.80. The largest absolute Gasteiger partial charge is 0.545 e. The Kier molecular flexibility index (Phi) is 6.76. The van der Waals surface area contributed by atoms with Crippen molar-refractivity contribution < 1.29 is 19.6 Å². The highest BCUT2D eigenvalue weighted by Gasteiger charge is 2.21. The van der Waals surface area contributed by atoms with E-state index in [0.717, 1.165) is 6.07 Å². The number of hydrogen-bond donors (Lipinski definition) is 1. The van der Waals surface area contributed by atoms with Crippen molar-refractivity contribution in [1.29, 1.82) is 0 Å². The Labute approximate surface area is 165 Å². The lowest BCUT2D eigenvalue weighted by molar-refractivity contribution is -0.524. The summed E-state index contributed by atoms with van der Waals surface area (Å²) in [7, 11) is 0. The Balaban J connectivity index is 2.21. The fourth-order valence-electron chi connectivity index (χ4n) is 2.49. The number of aromatic carboxylic acids is 1. The summed E-state index contributed by atoms with van der Waals surface area (Å²) in [5.41, 5.74) is 0.655. The molecule has 2 aromatic rings. The third kappa shape index (κ3) is 5.18. The van der Waals surface area contributed by atoms with E-state index in [1.165, 1.54) is 19.1 Å². The summed E-state index contributed by atoms with van der Waals surface area (Å²) < 4.78 is 0. The van der Waals surface area contributed by atoms with Gasteiger partial charge in [-0.3, -0.25) is 14.9 Å². The maximum absolute atomic E-state index is 12.3.